The fourth-order valence-corrected chi connectivity index (χ4v) is 4.62. The van der Waals surface area contributed by atoms with Crippen molar-refractivity contribution in [2.24, 2.45) is 0 Å². The second-order valence-electron chi connectivity index (χ2n) is 7.87. The van der Waals surface area contributed by atoms with Gasteiger partial charge in [-0.2, -0.15) is 0 Å². The predicted molar refractivity (Wildman–Crippen MR) is 99.5 cm³/mol. The van der Waals surface area contributed by atoms with E-state index in [1.807, 2.05) is 14.7 Å². The van der Waals surface area contributed by atoms with Crippen LogP contribution in [0.15, 0.2) is 24.3 Å². The SMILES string of the molecule is CC(=O)N1CCC(N2CCN3C(=O)N(Cc4ccc(F)cc4)CC3C2)CC1. The average molecular weight is 374 g/mol. The Morgan fingerprint density at radius 2 is 1.74 bits per heavy atom. The molecule has 1 aromatic carbocycles. The van der Waals surface area contributed by atoms with Gasteiger partial charge in [-0.05, 0) is 30.5 Å². The molecule has 4 rings (SSSR count). The summed E-state index contributed by atoms with van der Waals surface area (Å²) in [5, 5.41) is 0. The Morgan fingerprint density at radius 1 is 1.04 bits per heavy atom. The molecule has 0 bridgehead atoms. The maximum atomic E-state index is 13.1. The Morgan fingerprint density at radius 3 is 2.41 bits per heavy atom. The van der Waals surface area contributed by atoms with Crippen LogP contribution in [0.5, 0.6) is 0 Å². The molecule has 3 fully saturated rings. The first-order chi connectivity index (χ1) is 13.0. The number of benzene rings is 1. The summed E-state index contributed by atoms with van der Waals surface area (Å²) in [7, 11) is 0. The number of carbonyl (C=O) groups excluding carboxylic acids is 2. The van der Waals surface area contributed by atoms with E-state index in [4.69, 9.17) is 0 Å². The lowest BCUT2D eigenvalue weighted by molar-refractivity contribution is -0.130. The summed E-state index contributed by atoms with van der Waals surface area (Å²) in [6.45, 7) is 7.12. The molecule has 1 atom stereocenters. The molecule has 3 saturated heterocycles. The predicted octanol–water partition coefficient (Wildman–Crippen LogP) is 1.76. The molecule has 1 unspecified atom stereocenters. The molecule has 6 nitrogen and oxygen atoms in total. The van der Waals surface area contributed by atoms with Crippen molar-refractivity contribution in [2.75, 3.05) is 39.3 Å². The third-order valence-electron chi connectivity index (χ3n) is 6.17. The number of amides is 3. The van der Waals surface area contributed by atoms with Gasteiger partial charge in [-0.3, -0.25) is 9.69 Å². The van der Waals surface area contributed by atoms with Crippen molar-refractivity contribution in [2.45, 2.75) is 38.4 Å². The van der Waals surface area contributed by atoms with E-state index in [9.17, 15) is 14.0 Å². The lowest BCUT2D eigenvalue weighted by Crippen LogP contribution is -2.57. The standard InChI is InChI=1S/C20H27FN4O2/c1-15(26)22-8-6-18(7-9-22)23-10-11-25-19(13-23)14-24(20(25)27)12-16-2-4-17(21)5-3-16/h2-5,18-19H,6-14H2,1H3. The molecule has 7 heteroatoms. The van der Waals surface area contributed by atoms with Crippen molar-refractivity contribution in [1.82, 2.24) is 19.6 Å². The Balaban J connectivity index is 1.34. The minimum atomic E-state index is -0.254. The van der Waals surface area contributed by atoms with Crippen LogP contribution >= 0.6 is 0 Å². The topological polar surface area (TPSA) is 47.1 Å². The highest BCUT2D eigenvalue weighted by atomic mass is 19.1. The van der Waals surface area contributed by atoms with Crippen molar-refractivity contribution in [3.63, 3.8) is 0 Å². The summed E-state index contributed by atoms with van der Waals surface area (Å²) in [6.07, 6.45) is 2.03. The number of likely N-dealkylation sites (tertiary alicyclic amines) is 1. The van der Waals surface area contributed by atoms with Crippen LogP contribution in [-0.4, -0.2) is 82.9 Å². The first-order valence-corrected chi connectivity index (χ1v) is 9.81. The number of hydrogen-bond acceptors (Lipinski definition) is 3. The molecule has 0 aromatic heterocycles. The van der Waals surface area contributed by atoms with E-state index in [1.165, 1.54) is 12.1 Å². The first-order valence-electron chi connectivity index (χ1n) is 9.81. The van der Waals surface area contributed by atoms with Crippen molar-refractivity contribution in [1.29, 1.82) is 0 Å². The van der Waals surface area contributed by atoms with E-state index in [0.717, 1.165) is 57.7 Å². The van der Waals surface area contributed by atoms with Crippen LogP contribution in [0.25, 0.3) is 0 Å². The fourth-order valence-electron chi connectivity index (χ4n) is 4.62. The van der Waals surface area contributed by atoms with Gasteiger partial charge in [-0.25, -0.2) is 9.18 Å². The molecule has 146 valence electrons. The molecule has 1 aromatic rings. The Bertz CT molecular complexity index is 702. The van der Waals surface area contributed by atoms with Gasteiger partial charge in [0.1, 0.15) is 5.82 Å². The highest BCUT2D eigenvalue weighted by molar-refractivity contribution is 5.77. The van der Waals surface area contributed by atoms with E-state index < -0.39 is 0 Å². The summed E-state index contributed by atoms with van der Waals surface area (Å²) in [6, 6.07) is 7.19. The fraction of sp³-hybridized carbons (Fsp3) is 0.600. The van der Waals surface area contributed by atoms with Crippen molar-refractivity contribution >= 4 is 11.9 Å². The molecule has 0 radical (unpaired) electrons. The van der Waals surface area contributed by atoms with E-state index in [-0.39, 0.29) is 23.8 Å². The number of nitrogens with zero attached hydrogens (tertiary/aromatic N) is 4. The van der Waals surface area contributed by atoms with E-state index in [0.29, 0.717) is 12.6 Å². The minimum Gasteiger partial charge on any atom is -0.343 e. The number of carbonyl (C=O) groups is 2. The number of urea groups is 1. The van der Waals surface area contributed by atoms with Crippen LogP contribution in [0.1, 0.15) is 25.3 Å². The molecule has 27 heavy (non-hydrogen) atoms. The number of rotatable bonds is 3. The first kappa shape index (κ1) is 18.2. The summed E-state index contributed by atoms with van der Waals surface area (Å²) in [5.74, 6) is -0.0912. The summed E-state index contributed by atoms with van der Waals surface area (Å²) < 4.78 is 13.1. The Labute approximate surface area is 159 Å². The van der Waals surface area contributed by atoms with Crippen LogP contribution in [0, 0.1) is 5.82 Å². The number of piperidine rings is 1. The highest BCUT2D eigenvalue weighted by Crippen LogP contribution is 2.26. The summed E-state index contributed by atoms with van der Waals surface area (Å²) in [5.41, 5.74) is 0.957. The van der Waals surface area contributed by atoms with Gasteiger partial charge in [0.05, 0.1) is 6.04 Å². The molecule has 0 N–H and O–H groups in total. The van der Waals surface area contributed by atoms with Gasteiger partial charge < -0.3 is 14.7 Å². The number of halogens is 1. The number of fused-ring (bicyclic) bond motifs is 1. The third-order valence-corrected chi connectivity index (χ3v) is 6.17. The van der Waals surface area contributed by atoms with Crippen LogP contribution in [0.4, 0.5) is 9.18 Å². The van der Waals surface area contributed by atoms with Crippen LogP contribution in [0.2, 0.25) is 0 Å². The lowest BCUT2D eigenvalue weighted by Gasteiger charge is -2.43. The van der Waals surface area contributed by atoms with Gasteiger partial charge in [0.25, 0.3) is 0 Å². The molecule has 3 aliphatic rings. The Hall–Kier alpha value is -2.15. The van der Waals surface area contributed by atoms with E-state index in [1.54, 1.807) is 19.1 Å². The van der Waals surface area contributed by atoms with Crippen molar-refractivity contribution < 1.29 is 14.0 Å². The van der Waals surface area contributed by atoms with E-state index in [2.05, 4.69) is 4.90 Å². The van der Waals surface area contributed by atoms with Gasteiger partial charge in [0.15, 0.2) is 0 Å². The molecule has 0 spiro atoms. The summed E-state index contributed by atoms with van der Waals surface area (Å²) >= 11 is 0. The van der Waals surface area contributed by atoms with Crippen LogP contribution < -0.4 is 0 Å². The molecular weight excluding hydrogens is 347 g/mol. The number of piperazine rings is 1. The highest BCUT2D eigenvalue weighted by Gasteiger charge is 2.42. The van der Waals surface area contributed by atoms with Crippen molar-refractivity contribution in [3.8, 4) is 0 Å². The smallest absolute Gasteiger partial charge is 0.320 e. The summed E-state index contributed by atoms with van der Waals surface area (Å²) in [4.78, 5) is 32.5. The molecule has 3 heterocycles. The van der Waals surface area contributed by atoms with Gasteiger partial charge in [0.2, 0.25) is 5.91 Å². The second kappa shape index (κ2) is 7.46. The number of hydrogen-bond donors (Lipinski definition) is 0. The zero-order chi connectivity index (χ0) is 19.0. The largest absolute Gasteiger partial charge is 0.343 e. The van der Waals surface area contributed by atoms with Gasteiger partial charge >= 0.3 is 6.03 Å². The quantitative estimate of drug-likeness (QED) is 0.810. The van der Waals surface area contributed by atoms with Gasteiger partial charge in [0, 0.05) is 58.8 Å². The Kier molecular flexibility index (Phi) is 5.04. The van der Waals surface area contributed by atoms with Crippen LogP contribution in [-0.2, 0) is 11.3 Å². The zero-order valence-electron chi connectivity index (χ0n) is 15.8. The monoisotopic (exact) mass is 374 g/mol. The van der Waals surface area contributed by atoms with Gasteiger partial charge in [-0.15, -0.1) is 0 Å². The average Bonchev–Trinajstić information content (AvgIpc) is 2.98. The van der Waals surface area contributed by atoms with Gasteiger partial charge in [-0.1, -0.05) is 12.1 Å². The second-order valence-corrected chi connectivity index (χ2v) is 7.87. The molecular formula is C20H27FN4O2. The van der Waals surface area contributed by atoms with Crippen LogP contribution in [0.3, 0.4) is 0 Å². The molecule has 3 aliphatic heterocycles. The van der Waals surface area contributed by atoms with Crippen molar-refractivity contribution in [3.05, 3.63) is 35.6 Å². The minimum absolute atomic E-state index is 0.0929. The normalized spacial score (nSPS) is 24.4. The lowest BCUT2D eigenvalue weighted by atomic mass is 10.0. The maximum Gasteiger partial charge on any atom is 0.320 e. The van der Waals surface area contributed by atoms with E-state index >= 15 is 0 Å². The molecule has 0 aliphatic carbocycles. The zero-order valence-corrected chi connectivity index (χ0v) is 15.8. The molecule has 0 saturated carbocycles. The molecule has 3 amide bonds. The third kappa shape index (κ3) is 3.78. The maximum absolute atomic E-state index is 13.1.